The number of pyridine rings is 1. The molecule has 3 aromatic heterocycles. The van der Waals surface area contributed by atoms with E-state index >= 15 is 0 Å². The monoisotopic (exact) mass is 446 g/mol. The van der Waals surface area contributed by atoms with Gasteiger partial charge in [-0.05, 0) is 61.9 Å². The smallest absolute Gasteiger partial charge is 0.147 e. The standard InChI is InChI=1S/C24H26N6O.CH4O/c25-23-19-10-13-30(24(19)27-15-26-23)22-9-7-18(31-22)6-3-16-2-4-17-5-8-21(28-20(17)14-16)29-11-1-12-29;1-2/h2,4-5,8,10,13-15,18,22H,1,3,6-7,9,11-12H2,(H2,25,26,27);2H,1H3. The number of aromatic nitrogens is 4. The first-order chi connectivity index (χ1) is 16.2. The summed E-state index contributed by atoms with van der Waals surface area (Å²) in [7, 11) is 1.00. The molecule has 0 amide bonds. The summed E-state index contributed by atoms with van der Waals surface area (Å²) < 4.78 is 8.46. The minimum absolute atomic E-state index is 0.00848. The summed E-state index contributed by atoms with van der Waals surface area (Å²) in [5.74, 6) is 1.61. The lowest BCUT2D eigenvalue weighted by Crippen LogP contribution is -2.37. The van der Waals surface area contributed by atoms with Crippen LogP contribution < -0.4 is 10.6 Å². The zero-order valence-corrected chi connectivity index (χ0v) is 18.9. The highest BCUT2D eigenvalue weighted by Crippen LogP contribution is 2.33. The third-order valence-corrected chi connectivity index (χ3v) is 6.61. The first kappa shape index (κ1) is 21.6. The van der Waals surface area contributed by atoms with Crippen molar-refractivity contribution in [2.24, 2.45) is 0 Å². The third-order valence-electron chi connectivity index (χ3n) is 6.61. The molecule has 5 heterocycles. The van der Waals surface area contributed by atoms with Crippen molar-refractivity contribution in [1.82, 2.24) is 19.5 Å². The zero-order chi connectivity index (χ0) is 22.8. The molecule has 2 aliphatic rings. The number of ether oxygens (including phenoxy) is 1. The highest BCUT2D eigenvalue weighted by Gasteiger charge is 2.27. The van der Waals surface area contributed by atoms with Crippen molar-refractivity contribution in [2.45, 2.75) is 44.4 Å². The Hall–Kier alpha value is -3.23. The minimum atomic E-state index is 0.00848. The summed E-state index contributed by atoms with van der Waals surface area (Å²) in [6.45, 7) is 2.24. The predicted molar refractivity (Wildman–Crippen MR) is 130 cm³/mol. The number of nitrogens with zero attached hydrogens (tertiary/aromatic N) is 5. The molecule has 2 aliphatic heterocycles. The fourth-order valence-corrected chi connectivity index (χ4v) is 4.68. The SMILES string of the molecule is CO.Nc1ncnc2c1ccn2C1CCC(CCc2ccc3ccc(N4CCC4)nc3c2)O1. The van der Waals surface area contributed by atoms with E-state index in [1.54, 1.807) is 0 Å². The molecule has 6 rings (SSSR count). The van der Waals surface area contributed by atoms with Crippen LogP contribution in [0.3, 0.4) is 0 Å². The molecule has 8 nitrogen and oxygen atoms in total. The molecule has 2 saturated heterocycles. The zero-order valence-electron chi connectivity index (χ0n) is 18.9. The van der Waals surface area contributed by atoms with E-state index in [0.717, 1.165) is 68.3 Å². The molecule has 4 aromatic rings. The summed E-state index contributed by atoms with van der Waals surface area (Å²) in [5, 5.41) is 9.08. The van der Waals surface area contributed by atoms with Gasteiger partial charge < -0.3 is 25.0 Å². The topological polar surface area (TPSA) is 102 Å². The molecule has 0 saturated carbocycles. The van der Waals surface area contributed by atoms with Gasteiger partial charge in [-0.3, -0.25) is 0 Å². The maximum atomic E-state index is 7.00. The van der Waals surface area contributed by atoms with Gasteiger partial charge >= 0.3 is 0 Å². The highest BCUT2D eigenvalue weighted by atomic mass is 16.5. The third kappa shape index (κ3) is 4.24. The molecule has 0 bridgehead atoms. The average molecular weight is 447 g/mol. The van der Waals surface area contributed by atoms with E-state index < -0.39 is 0 Å². The van der Waals surface area contributed by atoms with Crippen LogP contribution in [0.25, 0.3) is 21.9 Å². The van der Waals surface area contributed by atoms with Crippen molar-refractivity contribution >= 4 is 33.6 Å². The van der Waals surface area contributed by atoms with Crippen LogP contribution in [0.15, 0.2) is 48.9 Å². The van der Waals surface area contributed by atoms with Gasteiger partial charge in [0.25, 0.3) is 0 Å². The molecule has 2 atom stereocenters. The lowest BCUT2D eigenvalue weighted by atomic mass is 10.0. The van der Waals surface area contributed by atoms with Crippen molar-refractivity contribution in [3.8, 4) is 0 Å². The lowest BCUT2D eigenvalue weighted by molar-refractivity contribution is 0.00120. The molecule has 172 valence electrons. The second kappa shape index (κ2) is 9.33. The summed E-state index contributed by atoms with van der Waals surface area (Å²) in [5.41, 5.74) is 9.22. The number of nitrogen functional groups attached to an aromatic ring is 1. The van der Waals surface area contributed by atoms with E-state index in [2.05, 4.69) is 49.8 Å². The number of hydrogen-bond donors (Lipinski definition) is 2. The maximum Gasteiger partial charge on any atom is 0.147 e. The Morgan fingerprint density at radius 1 is 1.09 bits per heavy atom. The van der Waals surface area contributed by atoms with Crippen LogP contribution in [0.1, 0.15) is 37.5 Å². The van der Waals surface area contributed by atoms with Crippen LogP contribution in [0.2, 0.25) is 0 Å². The van der Waals surface area contributed by atoms with Crippen LogP contribution in [-0.2, 0) is 11.2 Å². The molecule has 8 heteroatoms. The summed E-state index contributed by atoms with van der Waals surface area (Å²) in [4.78, 5) is 15.7. The Morgan fingerprint density at radius 2 is 1.94 bits per heavy atom. The van der Waals surface area contributed by atoms with Crippen LogP contribution in [0, 0.1) is 0 Å². The number of nitrogens with two attached hydrogens (primary N) is 1. The number of anilines is 2. The van der Waals surface area contributed by atoms with Crippen molar-refractivity contribution in [3.63, 3.8) is 0 Å². The van der Waals surface area contributed by atoms with Gasteiger partial charge in [0.05, 0.1) is 17.0 Å². The molecule has 2 unspecified atom stereocenters. The number of fused-ring (bicyclic) bond motifs is 2. The number of benzene rings is 1. The molecule has 0 spiro atoms. The van der Waals surface area contributed by atoms with Gasteiger partial charge in [0, 0.05) is 31.8 Å². The lowest BCUT2D eigenvalue weighted by Gasteiger charge is -2.32. The Kier molecular flexibility index (Phi) is 6.11. The number of aliphatic hydroxyl groups is 1. The Balaban J connectivity index is 0.00000111. The quantitative estimate of drug-likeness (QED) is 0.482. The van der Waals surface area contributed by atoms with Crippen LogP contribution in [0.5, 0.6) is 0 Å². The van der Waals surface area contributed by atoms with Crippen molar-refractivity contribution in [1.29, 1.82) is 0 Å². The Labute approximate surface area is 193 Å². The second-order valence-electron chi connectivity index (χ2n) is 8.59. The fourth-order valence-electron chi connectivity index (χ4n) is 4.68. The average Bonchev–Trinajstić information content (AvgIpc) is 3.45. The van der Waals surface area contributed by atoms with E-state index in [1.807, 2.05) is 12.3 Å². The molecule has 2 fully saturated rings. The van der Waals surface area contributed by atoms with Crippen LogP contribution in [0.4, 0.5) is 11.6 Å². The summed E-state index contributed by atoms with van der Waals surface area (Å²) in [6, 6.07) is 12.9. The predicted octanol–water partition coefficient (Wildman–Crippen LogP) is 3.69. The molecule has 0 radical (unpaired) electrons. The van der Waals surface area contributed by atoms with Gasteiger partial charge in [-0.1, -0.05) is 12.1 Å². The molecule has 33 heavy (non-hydrogen) atoms. The minimum Gasteiger partial charge on any atom is -0.400 e. The van der Waals surface area contributed by atoms with E-state index in [0.29, 0.717) is 5.82 Å². The van der Waals surface area contributed by atoms with Crippen LogP contribution in [-0.4, -0.2) is 50.9 Å². The largest absolute Gasteiger partial charge is 0.400 e. The molecular formula is C25H30N6O2. The van der Waals surface area contributed by atoms with Crippen molar-refractivity contribution in [3.05, 3.63) is 54.5 Å². The number of aryl methyl sites for hydroxylation is 1. The summed E-state index contributed by atoms with van der Waals surface area (Å²) in [6.07, 6.45) is 9.07. The molecule has 1 aromatic carbocycles. The van der Waals surface area contributed by atoms with Gasteiger partial charge in [0.2, 0.25) is 0 Å². The Bertz CT molecular complexity index is 1250. The van der Waals surface area contributed by atoms with Crippen LogP contribution >= 0.6 is 0 Å². The second-order valence-corrected chi connectivity index (χ2v) is 8.59. The Morgan fingerprint density at radius 3 is 2.76 bits per heavy atom. The highest BCUT2D eigenvalue weighted by molar-refractivity contribution is 5.86. The van der Waals surface area contributed by atoms with Gasteiger partial charge in [0.1, 0.15) is 29.8 Å². The van der Waals surface area contributed by atoms with Gasteiger partial charge in [-0.2, -0.15) is 0 Å². The van der Waals surface area contributed by atoms with Gasteiger partial charge in [-0.15, -0.1) is 0 Å². The normalized spacial score (nSPS) is 20.0. The first-order valence-corrected chi connectivity index (χ1v) is 11.6. The first-order valence-electron chi connectivity index (χ1n) is 11.6. The van der Waals surface area contributed by atoms with Gasteiger partial charge in [0.15, 0.2) is 0 Å². The van der Waals surface area contributed by atoms with Gasteiger partial charge in [-0.25, -0.2) is 15.0 Å². The van der Waals surface area contributed by atoms with E-state index in [1.165, 1.54) is 23.7 Å². The maximum absolute atomic E-state index is 7.00. The van der Waals surface area contributed by atoms with Crippen molar-refractivity contribution < 1.29 is 9.84 Å². The number of aliphatic hydroxyl groups excluding tert-OH is 1. The number of hydrogen-bond acceptors (Lipinski definition) is 7. The van der Waals surface area contributed by atoms with E-state index in [4.69, 9.17) is 20.6 Å². The fraction of sp³-hybridized carbons (Fsp3) is 0.400. The summed E-state index contributed by atoms with van der Waals surface area (Å²) >= 11 is 0. The number of rotatable bonds is 5. The molecule has 0 aliphatic carbocycles. The van der Waals surface area contributed by atoms with E-state index in [9.17, 15) is 0 Å². The van der Waals surface area contributed by atoms with E-state index in [-0.39, 0.29) is 12.3 Å². The molecule has 3 N–H and O–H groups in total. The molecular weight excluding hydrogens is 416 g/mol. The van der Waals surface area contributed by atoms with Crippen molar-refractivity contribution in [2.75, 3.05) is 30.8 Å².